The number of rotatable bonds is 6. The fourth-order valence-corrected chi connectivity index (χ4v) is 5.52. The number of carbonyl (C=O) groups is 2. The molecule has 0 bridgehead atoms. The van der Waals surface area contributed by atoms with Crippen LogP contribution in [0.3, 0.4) is 0 Å². The fourth-order valence-electron chi connectivity index (χ4n) is 4.27. The molecular weight excluding hydrogens is 508 g/mol. The molecule has 5 rings (SSSR count). The summed E-state index contributed by atoms with van der Waals surface area (Å²) >= 11 is 0. The number of methoxy groups -OCH3 is 1. The summed E-state index contributed by atoms with van der Waals surface area (Å²) in [5.41, 5.74) is 1.14. The van der Waals surface area contributed by atoms with E-state index in [2.05, 4.69) is 19.7 Å². The minimum absolute atomic E-state index is 0.0340. The smallest absolute Gasteiger partial charge is 0.274 e. The average Bonchev–Trinajstić information content (AvgIpc) is 2.96. The maximum Gasteiger partial charge on any atom is 0.274 e. The van der Waals surface area contributed by atoms with Crippen molar-refractivity contribution < 1.29 is 22.7 Å². The number of ether oxygens (including phenoxy) is 1. The predicted molar refractivity (Wildman–Crippen MR) is 139 cm³/mol. The molecule has 3 heterocycles. The number of piperazine rings is 1. The van der Waals surface area contributed by atoms with Gasteiger partial charge in [0.1, 0.15) is 16.3 Å². The zero-order chi connectivity index (χ0) is 26.7. The highest BCUT2D eigenvalue weighted by molar-refractivity contribution is 7.93. The number of aromatic nitrogens is 3. The molecule has 12 heteroatoms. The Labute approximate surface area is 219 Å². The monoisotopic (exact) mass is 532 g/mol. The van der Waals surface area contributed by atoms with Gasteiger partial charge in [0.2, 0.25) is 0 Å². The first kappa shape index (κ1) is 25.1. The van der Waals surface area contributed by atoms with Gasteiger partial charge in [0, 0.05) is 55.7 Å². The topological polar surface area (TPSA) is 135 Å². The lowest BCUT2D eigenvalue weighted by atomic mass is 10.1. The molecule has 0 unspecified atom stereocenters. The quantitative estimate of drug-likeness (QED) is 0.400. The summed E-state index contributed by atoms with van der Waals surface area (Å²) in [4.78, 5) is 41.3. The third kappa shape index (κ3) is 4.98. The van der Waals surface area contributed by atoms with Crippen LogP contribution in [-0.4, -0.2) is 78.3 Å². The number of para-hydroxylation sites is 1. The Morgan fingerprint density at radius 3 is 2.34 bits per heavy atom. The van der Waals surface area contributed by atoms with Gasteiger partial charge in [-0.05, 0) is 30.3 Å². The molecule has 1 aliphatic rings. The highest BCUT2D eigenvalue weighted by Gasteiger charge is 2.27. The van der Waals surface area contributed by atoms with Crippen molar-refractivity contribution in [1.29, 1.82) is 0 Å². The van der Waals surface area contributed by atoms with Crippen molar-refractivity contribution in [1.82, 2.24) is 24.8 Å². The van der Waals surface area contributed by atoms with E-state index < -0.39 is 10.0 Å². The normalized spacial score (nSPS) is 13.8. The van der Waals surface area contributed by atoms with Gasteiger partial charge in [-0.1, -0.05) is 18.2 Å². The van der Waals surface area contributed by atoms with Crippen LogP contribution in [-0.2, 0) is 10.0 Å². The number of pyridine rings is 1. The van der Waals surface area contributed by atoms with E-state index in [0.29, 0.717) is 42.6 Å². The van der Waals surface area contributed by atoms with E-state index in [4.69, 9.17) is 4.74 Å². The Kier molecular flexibility index (Phi) is 6.88. The molecule has 0 atom stereocenters. The van der Waals surface area contributed by atoms with Crippen LogP contribution in [0, 0.1) is 0 Å². The molecule has 0 aliphatic carbocycles. The Bertz CT molecular complexity index is 1600. The first-order valence-electron chi connectivity index (χ1n) is 11.8. The van der Waals surface area contributed by atoms with Crippen LogP contribution in [0.1, 0.15) is 20.8 Å². The molecule has 1 saturated heterocycles. The summed E-state index contributed by atoms with van der Waals surface area (Å²) < 4.78 is 34.4. The Morgan fingerprint density at radius 2 is 1.63 bits per heavy atom. The first-order chi connectivity index (χ1) is 18.4. The van der Waals surface area contributed by atoms with Crippen LogP contribution in [0.15, 0.2) is 78.2 Å². The molecule has 1 N–H and O–H groups in total. The molecule has 0 spiro atoms. The van der Waals surface area contributed by atoms with Crippen molar-refractivity contribution in [3.8, 4) is 5.75 Å². The molecule has 194 valence electrons. The van der Waals surface area contributed by atoms with Gasteiger partial charge in [0.15, 0.2) is 0 Å². The van der Waals surface area contributed by atoms with Gasteiger partial charge in [-0.25, -0.2) is 13.4 Å². The standard InChI is InChI=1S/C26H24N6O5S/c1-37-22-16-19(25(33)31-12-14-32(15-13-31)26(34)21-17-27-10-11-28-21)7-8-20(22)30-38(35,36)23-6-2-4-18-5-3-9-29-24(18)23/h2-11,16-17,30H,12-15H2,1H3. The number of carbonyl (C=O) groups excluding carboxylic acids is 2. The summed E-state index contributed by atoms with van der Waals surface area (Å²) in [6, 6.07) is 13.0. The van der Waals surface area contributed by atoms with Crippen molar-refractivity contribution in [2.45, 2.75) is 4.90 Å². The summed E-state index contributed by atoms with van der Waals surface area (Å²) in [5, 5.41) is 0.696. The van der Waals surface area contributed by atoms with Gasteiger partial charge < -0.3 is 14.5 Å². The minimum Gasteiger partial charge on any atom is -0.495 e. The van der Waals surface area contributed by atoms with Gasteiger partial charge in [-0.3, -0.25) is 24.3 Å². The van der Waals surface area contributed by atoms with Crippen molar-refractivity contribution in [2.75, 3.05) is 38.0 Å². The molecule has 2 aromatic carbocycles. The summed E-state index contributed by atoms with van der Waals surface area (Å²) in [5.74, 6) is -0.281. The van der Waals surface area contributed by atoms with E-state index in [1.165, 1.54) is 50.1 Å². The largest absolute Gasteiger partial charge is 0.495 e. The van der Waals surface area contributed by atoms with Crippen LogP contribution in [0.25, 0.3) is 10.9 Å². The van der Waals surface area contributed by atoms with E-state index in [1.54, 1.807) is 40.1 Å². The zero-order valence-electron chi connectivity index (χ0n) is 20.4. The average molecular weight is 533 g/mol. The number of nitrogens with one attached hydrogen (secondary N) is 1. The third-order valence-corrected chi connectivity index (χ3v) is 7.61. The molecule has 2 aromatic heterocycles. The van der Waals surface area contributed by atoms with E-state index >= 15 is 0 Å². The van der Waals surface area contributed by atoms with Crippen LogP contribution >= 0.6 is 0 Å². The summed E-state index contributed by atoms with van der Waals surface area (Å²) in [7, 11) is -2.60. The van der Waals surface area contributed by atoms with E-state index in [-0.39, 0.29) is 33.8 Å². The van der Waals surface area contributed by atoms with Crippen LogP contribution in [0.4, 0.5) is 5.69 Å². The molecular formula is C26H24N6O5S. The Hall–Kier alpha value is -4.58. The predicted octanol–water partition coefficient (Wildman–Crippen LogP) is 2.43. The van der Waals surface area contributed by atoms with Crippen molar-refractivity contribution in [3.05, 3.63) is 84.6 Å². The minimum atomic E-state index is -4.00. The van der Waals surface area contributed by atoms with Gasteiger partial charge in [0.25, 0.3) is 21.8 Å². The molecule has 38 heavy (non-hydrogen) atoms. The number of anilines is 1. The highest BCUT2D eigenvalue weighted by atomic mass is 32.2. The third-order valence-electron chi connectivity index (χ3n) is 6.21. The van der Waals surface area contributed by atoms with Crippen LogP contribution < -0.4 is 9.46 Å². The van der Waals surface area contributed by atoms with E-state index in [1.807, 2.05) is 0 Å². The van der Waals surface area contributed by atoms with Gasteiger partial charge in [-0.2, -0.15) is 0 Å². The van der Waals surface area contributed by atoms with Crippen molar-refractivity contribution in [3.63, 3.8) is 0 Å². The van der Waals surface area contributed by atoms with E-state index in [0.717, 1.165) is 0 Å². The molecule has 0 saturated carbocycles. The molecule has 0 radical (unpaired) electrons. The number of sulfonamides is 1. The Morgan fingerprint density at radius 1 is 0.895 bits per heavy atom. The summed E-state index contributed by atoms with van der Waals surface area (Å²) in [6.07, 6.45) is 5.91. The fraction of sp³-hybridized carbons (Fsp3) is 0.192. The second-order valence-electron chi connectivity index (χ2n) is 8.53. The van der Waals surface area contributed by atoms with Gasteiger partial charge in [-0.15, -0.1) is 0 Å². The lowest BCUT2D eigenvalue weighted by Gasteiger charge is -2.34. The lowest BCUT2D eigenvalue weighted by molar-refractivity contribution is 0.0532. The maximum atomic E-state index is 13.2. The highest BCUT2D eigenvalue weighted by Crippen LogP contribution is 2.30. The van der Waals surface area contributed by atoms with Crippen LogP contribution in [0.5, 0.6) is 5.75 Å². The Balaban J connectivity index is 1.30. The molecule has 11 nitrogen and oxygen atoms in total. The number of hydrogen-bond donors (Lipinski definition) is 1. The maximum absolute atomic E-state index is 13.2. The van der Waals surface area contributed by atoms with Crippen molar-refractivity contribution >= 4 is 38.4 Å². The SMILES string of the molecule is COc1cc(C(=O)N2CCN(C(=O)c3cnccn3)CC2)ccc1NS(=O)(=O)c1cccc2cccnc12. The number of benzene rings is 2. The lowest BCUT2D eigenvalue weighted by Crippen LogP contribution is -2.50. The second kappa shape index (κ2) is 10.4. The number of fused-ring (bicyclic) bond motifs is 1. The van der Waals surface area contributed by atoms with E-state index in [9.17, 15) is 18.0 Å². The number of amides is 2. The second-order valence-corrected chi connectivity index (χ2v) is 10.2. The molecule has 4 aromatic rings. The van der Waals surface area contributed by atoms with Crippen molar-refractivity contribution in [2.24, 2.45) is 0 Å². The van der Waals surface area contributed by atoms with Crippen LogP contribution in [0.2, 0.25) is 0 Å². The number of nitrogens with zero attached hydrogens (tertiary/aromatic N) is 5. The molecule has 1 fully saturated rings. The molecule has 1 aliphatic heterocycles. The summed E-state index contributed by atoms with van der Waals surface area (Å²) in [6.45, 7) is 1.40. The van der Waals surface area contributed by atoms with Gasteiger partial charge >= 0.3 is 0 Å². The first-order valence-corrected chi connectivity index (χ1v) is 13.2. The number of hydrogen-bond acceptors (Lipinski definition) is 8. The zero-order valence-corrected chi connectivity index (χ0v) is 21.3. The molecule has 2 amide bonds. The van der Waals surface area contributed by atoms with Gasteiger partial charge in [0.05, 0.1) is 24.5 Å².